The maximum atomic E-state index is 12.7. The first-order valence-electron chi connectivity index (χ1n) is 10.1. The molecule has 1 amide bonds. The molecule has 0 saturated heterocycles. The standard InChI is InChI=1S/C18H16F3N7O3S/c1-22-17(29)15-11(25-16-12(32(2,30)31)4-3-7-23-16)8-14(27-28-15)26-13-6-5-10(9-24-13)18(19,20)21/h3-9H,1-2H3,(H,22,29)(H2,23,24,25,26,27)/i1D3. The number of amides is 1. The van der Waals surface area contributed by atoms with Crippen molar-refractivity contribution >= 4 is 38.9 Å². The third kappa shape index (κ3) is 5.26. The molecule has 0 atom stereocenters. The van der Waals surface area contributed by atoms with E-state index < -0.39 is 40.2 Å². The normalized spacial score (nSPS) is 13.4. The zero-order valence-corrected chi connectivity index (χ0v) is 16.9. The van der Waals surface area contributed by atoms with E-state index in [2.05, 4.69) is 30.8 Å². The lowest BCUT2D eigenvalue weighted by atomic mass is 10.2. The third-order valence-electron chi connectivity index (χ3n) is 3.89. The van der Waals surface area contributed by atoms with Crippen LogP contribution in [-0.2, 0) is 16.0 Å². The third-order valence-corrected chi connectivity index (χ3v) is 5.02. The SMILES string of the molecule is [2H]C([2H])([2H])NC(=O)c1nnc(Nc2ccc(C(F)(F)F)cn2)cc1Nc1ncccc1S(C)(=O)=O. The van der Waals surface area contributed by atoms with E-state index in [0.29, 0.717) is 6.20 Å². The van der Waals surface area contributed by atoms with Crippen LogP contribution in [0.4, 0.5) is 36.3 Å². The molecule has 32 heavy (non-hydrogen) atoms. The van der Waals surface area contributed by atoms with Crippen molar-refractivity contribution in [2.75, 3.05) is 23.9 Å². The highest BCUT2D eigenvalue weighted by atomic mass is 32.2. The Bertz CT molecular complexity index is 1350. The van der Waals surface area contributed by atoms with Crippen molar-refractivity contribution in [2.24, 2.45) is 0 Å². The first-order valence-corrected chi connectivity index (χ1v) is 10.5. The van der Waals surface area contributed by atoms with Gasteiger partial charge >= 0.3 is 6.18 Å². The van der Waals surface area contributed by atoms with Crippen molar-refractivity contribution in [2.45, 2.75) is 11.1 Å². The van der Waals surface area contributed by atoms with Crippen LogP contribution in [0.2, 0.25) is 0 Å². The summed E-state index contributed by atoms with van der Waals surface area (Å²) in [7, 11) is -3.76. The molecule has 168 valence electrons. The molecule has 0 spiro atoms. The lowest BCUT2D eigenvalue weighted by molar-refractivity contribution is -0.137. The first kappa shape index (κ1) is 18.9. The van der Waals surface area contributed by atoms with Crippen molar-refractivity contribution in [3.05, 3.63) is 54.0 Å². The second-order valence-electron chi connectivity index (χ2n) is 6.25. The van der Waals surface area contributed by atoms with E-state index in [1.807, 2.05) is 0 Å². The maximum Gasteiger partial charge on any atom is 0.417 e. The zero-order valence-electron chi connectivity index (χ0n) is 19.1. The molecule has 3 heterocycles. The number of pyridine rings is 2. The number of halogens is 3. The summed E-state index contributed by atoms with van der Waals surface area (Å²) in [5.41, 5.74) is -1.69. The number of alkyl halides is 3. The Balaban J connectivity index is 2.01. The second-order valence-corrected chi connectivity index (χ2v) is 8.23. The van der Waals surface area contributed by atoms with Crippen LogP contribution in [0.1, 0.15) is 20.2 Å². The van der Waals surface area contributed by atoms with Gasteiger partial charge in [0.1, 0.15) is 16.5 Å². The summed E-state index contributed by atoms with van der Waals surface area (Å²) in [5, 5.41) is 14.4. The van der Waals surface area contributed by atoms with Crippen LogP contribution < -0.4 is 16.0 Å². The van der Waals surface area contributed by atoms with Gasteiger partial charge in [-0.1, -0.05) is 0 Å². The molecule has 10 nitrogen and oxygen atoms in total. The zero-order chi connectivity index (χ0) is 26.0. The van der Waals surface area contributed by atoms with Gasteiger partial charge in [0.15, 0.2) is 21.3 Å². The molecule has 0 radical (unpaired) electrons. The summed E-state index contributed by atoms with van der Waals surface area (Å²) < 4.78 is 84.1. The molecule has 0 saturated carbocycles. The van der Waals surface area contributed by atoms with Gasteiger partial charge in [0.05, 0.1) is 11.3 Å². The molecule has 0 fully saturated rings. The predicted molar refractivity (Wildman–Crippen MR) is 109 cm³/mol. The number of aromatic nitrogens is 4. The van der Waals surface area contributed by atoms with Crippen LogP contribution in [0.15, 0.2) is 47.6 Å². The number of anilines is 4. The fraction of sp³-hybridized carbons (Fsp3) is 0.167. The maximum absolute atomic E-state index is 12.7. The molecular weight excluding hydrogens is 451 g/mol. The van der Waals surface area contributed by atoms with Crippen molar-refractivity contribution in [1.29, 1.82) is 0 Å². The molecule has 0 bridgehead atoms. The number of nitrogens with one attached hydrogen (secondary N) is 3. The highest BCUT2D eigenvalue weighted by Gasteiger charge is 2.30. The first-order chi connectivity index (χ1) is 16.1. The van der Waals surface area contributed by atoms with Gasteiger partial charge in [-0.15, -0.1) is 10.2 Å². The fourth-order valence-corrected chi connectivity index (χ4v) is 3.23. The topological polar surface area (TPSA) is 139 Å². The van der Waals surface area contributed by atoms with Gasteiger partial charge in [0.2, 0.25) is 0 Å². The Morgan fingerprint density at radius 1 is 1.09 bits per heavy atom. The average Bonchev–Trinajstić information content (AvgIpc) is 2.72. The number of nitrogens with zero attached hydrogens (tertiary/aromatic N) is 4. The molecular formula is C18H16F3N7O3S. The van der Waals surface area contributed by atoms with Crippen LogP contribution in [0, 0.1) is 0 Å². The smallest absolute Gasteiger partial charge is 0.354 e. The monoisotopic (exact) mass is 470 g/mol. The quantitative estimate of drug-likeness (QED) is 0.496. The van der Waals surface area contributed by atoms with E-state index in [1.54, 1.807) is 5.32 Å². The van der Waals surface area contributed by atoms with E-state index >= 15 is 0 Å². The highest BCUT2D eigenvalue weighted by Crippen LogP contribution is 2.30. The number of hydrogen-bond donors (Lipinski definition) is 3. The Morgan fingerprint density at radius 2 is 1.88 bits per heavy atom. The van der Waals surface area contributed by atoms with Gasteiger partial charge in [-0.25, -0.2) is 18.4 Å². The van der Waals surface area contributed by atoms with Crippen LogP contribution in [0.25, 0.3) is 0 Å². The fourth-order valence-electron chi connectivity index (χ4n) is 2.45. The molecule has 3 N–H and O–H groups in total. The van der Waals surface area contributed by atoms with E-state index in [9.17, 15) is 26.4 Å². The molecule has 3 rings (SSSR count). The largest absolute Gasteiger partial charge is 0.417 e. The van der Waals surface area contributed by atoms with Crippen LogP contribution in [0.5, 0.6) is 0 Å². The Morgan fingerprint density at radius 3 is 2.50 bits per heavy atom. The van der Waals surface area contributed by atoms with Gasteiger partial charge in [-0.3, -0.25) is 4.79 Å². The number of carbonyl (C=O) groups excluding carboxylic acids is 1. The highest BCUT2D eigenvalue weighted by molar-refractivity contribution is 7.90. The van der Waals surface area contributed by atoms with E-state index in [1.165, 1.54) is 18.3 Å². The van der Waals surface area contributed by atoms with Crippen molar-refractivity contribution in [3.8, 4) is 0 Å². The minimum Gasteiger partial charge on any atom is -0.354 e. The Kier molecular flexibility index (Phi) is 5.17. The summed E-state index contributed by atoms with van der Waals surface area (Å²) in [6, 6.07) is 5.60. The molecule has 0 aromatic carbocycles. The molecule has 0 aliphatic carbocycles. The van der Waals surface area contributed by atoms with E-state index in [4.69, 9.17) is 4.11 Å². The summed E-state index contributed by atoms with van der Waals surface area (Å²) in [5.74, 6) is -1.50. The average molecular weight is 470 g/mol. The van der Waals surface area contributed by atoms with E-state index in [-0.39, 0.29) is 28.0 Å². The Hall–Kier alpha value is -3.81. The van der Waals surface area contributed by atoms with Crippen molar-refractivity contribution in [1.82, 2.24) is 25.5 Å². The van der Waals surface area contributed by atoms with Gasteiger partial charge < -0.3 is 16.0 Å². The van der Waals surface area contributed by atoms with Crippen molar-refractivity contribution < 1.29 is 30.5 Å². The molecule has 3 aromatic rings. The lowest BCUT2D eigenvalue weighted by Gasteiger charge is -2.13. The molecule has 0 aliphatic heterocycles. The molecule has 14 heteroatoms. The minimum atomic E-state index is -4.58. The number of carbonyl (C=O) groups is 1. The van der Waals surface area contributed by atoms with Crippen LogP contribution in [-0.4, -0.2) is 47.7 Å². The second kappa shape index (κ2) is 8.74. The van der Waals surface area contributed by atoms with Crippen LogP contribution in [0.3, 0.4) is 0 Å². The number of sulfone groups is 1. The molecule has 3 aromatic heterocycles. The number of rotatable bonds is 6. The molecule has 0 unspecified atom stereocenters. The van der Waals surface area contributed by atoms with Gasteiger partial charge in [0.25, 0.3) is 5.91 Å². The summed E-state index contributed by atoms with van der Waals surface area (Å²) in [4.78, 5) is 19.8. The van der Waals surface area contributed by atoms with Gasteiger partial charge in [-0.05, 0) is 24.3 Å². The summed E-state index contributed by atoms with van der Waals surface area (Å²) in [6.07, 6.45) is -1.77. The lowest BCUT2D eigenvalue weighted by Crippen LogP contribution is -2.22. The van der Waals surface area contributed by atoms with Gasteiger partial charge in [-0.2, -0.15) is 13.2 Å². The predicted octanol–water partition coefficient (Wildman–Crippen LogP) is 2.54. The van der Waals surface area contributed by atoms with Gasteiger partial charge in [0, 0.05) is 35.8 Å². The number of hydrogen-bond acceptors (Lipinski definition) is 9. The summed E-state index contributed by atoms with van der Waals surface area (Å²) in [6.45, 7) is -2.86. The summed E-state index contributed by atoms with van der Waals surface area (Å²) >= 11 is 0. The van der Waals surface area contributed by atoms with E-state index in [0.717, 1.165) is 24.5 Å². The molecule has 0 aliphatic rings. The van der Waals surface area contributed by atoms with Crippen LogP contribution >= 0.6 is 0 Å². The minimum absolute atomic E-state index is 0.0485. The Labute approximate surface area is 184 Å². The van der Waals surface area contributed by atoms with Crippen molar-refractivity contribution in [3.63, 3.8) is 0 Å².